The first-order valence-electron chi connectivity index (χ1n) is 9.99. The van der Waals surface area contributed by atoms with Gasteiger partial charge in [-0.3, -0.25) is 0 Å². The van der Waals surface area contributed by atoms with Crippen molar-refractivity contribution in [2.75, 3.05) is 0 Å². The summed E-state index contributed by atoms with van der Waals surface area (Å²) in [6.45, 7) is 7.16. The van der Waals surface area contributed by atoms with Crippen LogP contribution in [0.2, 0.25) is 0 Å². The van der Waals surface area contributed by atoms with Crippen LogP contribution < -0.4 is 4.74 Å². The van der Waals surface area contributed by atoms with E-state index in [4.69, 9.17) is 4.74 Å². The highest BCUT2D eigenvalue weighted by Crippen LogP contribution is 2.73. The van der Waals surface area contributed by atoms with Gasteiger partial charge in [-0.2, -0.15) is 0 Å². The number of ether oxygens (including phenoxy) is 1. The van der Waals surface area contributed by atoms with E-state index in [2.05, 4.69) is 51.1 Å². The molecule has 0 spiro atoms. The van der Waals surface area contributed by atoms with Crippen molar-refractivity contribution in [2.45, 2.75) is 58.0 Å². The number of aryl methyl sites for hydroxylation is 2. The molecule has 2 fully saturated rings. The van der Waals surface area contributed by atoms with Gasteiger partial charge in [0.1, 0.15) is 17.1 Å². The molecule has 3 aliphatic rings. The first-order chi connectivity index (χ1) is 12.4. The Morgan fingerprint density at radius 1 is 1.08 bits per heavy atom. The molecule has 1 unspecified atom stereocenters. The van der Waals surface area contributed by atoms with Crippen LogP contribution in [-0.4, -0.2) is 10.7 Å². The minimum atomic E-state index is -0.0532. The number of fused-ring (bicyclic) bond motifs is 2. The van der Waals surface area contributed by atoms with Crippen molar-refractivity contribution >= 4 is 0 Å². The van der Waals surface area contributed by atoms with Crippen molar-refractivity contribution in [1.82, 2.24) is 0 Å². The molecule has 5 rings (SSSR count). The van der Waals surface area contributed by atoms with Gasteiger partial charge in [0.2, 0.25) is 0 Å². The summed E-state index contributed by atoms with van der Waals surface area (Å²) in [5.41, 5.74) is 4.26. The van der Waals surface area contributed by atoms with E-state index in [0.29, 0.717) is 23.0 Å². The molecule has 2 nitrogen and oxygen atoms in total. The zero-order valence-electron chi connectivity index (χ0n) is 16.0. The lowest BCUT2D eigenvalue weighted by Gasteiger charge is -2.62. The summed E-state index contributed by atoms with van der Waals surface area (Å²) in [5.74, 6) is 3.22. The van der Waals surface area contributed by atoms with Crippen LogP contribution in [0.1, 0.15) is 56.2 Å². The van der Waals surface area contributed by atoms with Gasteiger partial charge < -0.3 is 9.84 Å². The van der Waals surface area contributed by atoms with E-state index in [9.17, 15) is 5.11 Å². The lowest BCUT2D eigenvalue weighted by molar-refractivity contribution is -0.120. The SMILES string of the molecule is CC1(C)C2c3c(CCc4ccccc4)cc(O)cc3O[C@@]3(C)CC[C@H]1[C@H]23. The van der Waals surface area contributed by atoms with Gasteiger partial charge in [0.15, 0.2) is 0 Å². The topological polar surface area (TPSA) is 29.5 Å². The zero-order valence-corrected chi connectivity index (χ0v) is 16.0. The van der Waals surface area contributed by atoms with Crippen molar-refractivity contribution in [3.63, 3.8) is 0 Å². The molecule has 2 saturated carbocycles. The Labute approximate surface area is 156 Å². The van der Waals surface area contributed by atoms with Crippen molar-refractivity contribution in [2.24, 2.45) is 17.3 Å². The van der Waals surface area contributed by atoms with Gasteiger partial charge in [0.05, 0.1) is 0 Å². The molecule has 1 N–H and O–H groups in total. The molecule has 4 atom stereocenters. The highest BCUT2D eigenvalue weighted by Gasteiger charge is 2.69. The molecule has 2 aliphatic carbocycles. The van der Waals surface area contributed by atoms with Crippen molar-refractivity contribution in [3.8, 4) is 11.5 Å². The van der Waals surface area contributed by atoms with Crippen LogP contribution in [0.25, 0.3) is 0 Å². The maximum absolute atomic E-state index is 10.3. The Balaban J connectivity index is 1.56. The Morgan fingerprint density at radius 3 is 2.62 bits per heavy atom. The number of aromatic hydroxyl groups is 1. The van der Waals surface area contributed by atoms with Gasteiger partial charge >= 0.3 is 0 Å². The van der Waals surface area contributed by atoms with E-state index in [1.54, 1.807) is 0 Å². The van der Waals surface area contributed by atoms with Gasteiger partial charge in [-0.1, -0.05) is 44.2 Å². The van der Waals surface area contributed by atoms with E-state index in [0.717, 1.165) is 30.9 Å². The number of rotatable bonds is 3. The molecule has 1 aliphatic heterocycles. The van der Waals surface area contributed by atoms with E-state index in [1.165, 1.54) is 23.1 Å². The van der Waals surface area contributed by atoms with Crippen LogP contribution in [-0.2, 0) is 12.8 Å². The highest BCUT2D eigenvalue weighted by molar-refractivity contribution is 5.54. The van der Waals surface area contributed by atoms with Crippen molar-refractivity contribution in [3.05, 3.63) is 59.2 Å². The fourth-order valence-electron chi connectivity index (χ4n) is 6.37. The van der Waals surface area contributed by atoms with Gasteiger partial charge in [0, 0.05) is 23.5 Å². The van der Waals surface area contributed by atoms with E-state index in [1.807, 2.05) is 12.1 Å². The Hall–Kier alpha value is -1.96. The van der Waals surface area contributed by atoms with E-state index in [-0.39, 0.29) is 5.60 Å². The molecular formula is C24H28O2. The second kappa shape index (κ2) is 5.28. The summed E-state index contributed by atoms with van der Waals surface area (Å²) in [4.78, 5) is 0. The molecule has 0 aromatic heterocycles. The van der Waals surface area contributed by atoms with Gasteiger partial charge in [0.25, 0.3) is 0 Å². The molecule has 2 heteroatoms. The van der Waals surface area contributed by atoms with Crippen LogP contribution in [0, 0.1) is 17.3 Å². The normalized spacial score (nSPS) is 33.0. The second-order valence-electron chi connectivity index (χ2n) is 9.39. The smallest absolute Gasteiger partial charge is 0.127 e. The fraction of sp³-hybridized carbons (Fsp3) is 0.500. The molecule has 0 amide bonds. The summed E-state index contributed by atoms with van der Waals surface area (Å²) in [6.07, 6.45) is 4.35. The van der Waals surface area contributed by atoms with Crippen molar-refractivity contribution < 1.29 is 9.84 Å². The number of hydrogen-bond acceptors (Lipinski definition) is 2. The Kier molecular flexibility index (Phi) is 3.30. The lowest BCUT2D eigenvalue weighted by Crippen LogP contribution is -2.59. The van der Waals surface area contributed by atoms with Crippen LogP contribution in [0.3, 0.4) is 0 Å². The Morgan fingerprint density at radius 2 is 1.85 bits per heavy atom. The Bertz CT molecular complexity index is 854. The van der Waals surface area contributed by atoms with Crippen LogP contribution in [0.4, 0.5) is 0 Å². The maximum atomic E-state index is 10.3. The maximum Gasteiger partial charge on any atom is 0.127 e. The molecule has 1 heterocycles. The van der Waals surface area contributed by atoms with Crippen molar-refractivity contribution in [1.29, 1.82) is 0 Å². The minimum Gasteiger partial charge on any atom is -0.508 e. The minimum absolute atomic E-state index is 0.0532. The van der Waals surface area contributed by atoms with Gasteiger partial charge in [-0.05, 0) is 61.1 Å². The number of phenolic OH excluding ortho intramolecular Hbond substituents is 1. The third-order valence-corrected chi connectivity index (χ3v) is 7.60. The molecule has 2 aromatic carbocycles. The van der Waals surface area contributed by atoms with Crippen LogP contribution in [0.15, 0.2) is 42.5 Å². The summed E-state index contributed by atoms with van der Waals surface area (Å²) < 4.78 is 6.55. The molecule has 0 bridgehead atoms. The first-order valence-corrected chi connectivity index (χ1v) is 9.99. The van der Waals surface area contributed by atoms with Crippen LogP contribution >= 0.6 is 0 Å². The van der Waals surface area contributed by atoms with Crippen LogP contribution in [0.5, 0.6) is 11.5 Å². The summed E-state index contributed by atoms with van der Waals surface area (Å²) in [7, 11) is 0. The average molecular weight is 348 g/mol. The third-order valence-electron chi connectivity index (χ3n) is 7.60. The fourth-order valence-corrected chi connectivity index (χ4v) is 6.37. The monoisotopic (exact) mass is 348 g/mol. The first kappa shape index (κ1) is 16.2. The quantitative estimate of drug-likeness (QED) is 0.796. The van der Waals surface area contributed by atoms with E-state index >= 15 is 0 Å². The molecular weight excluding hydrogens is 320 g/mol. The van der Waals surface area contributed by atoms with Gasteiger partial charge in [-0.15, -0.1) is 0 Å². The predicted octanol–water partition coefficient (Wildman–Crippen LogP) is 5.48. The lowest BCUT2D eigenvalue weighted by atomic mass is 9.44. The number of phenols is 1. The summed E-state index contributed by atoms with van der Waals surface area (Å²) in [6, 6.07) is 14.5. The van der Waals surface area contributed by atoms with Gasteiger partial charge in [-0.25, -0.2) is 0 Å². The number of hydrogen-bond donors (Lipinski definition) is 1. The van der Waals surface area contributed by atoms with E-state index < -0.39 is 0 Å². The molecule has 0 radical (unpaired) electrons. The average Bonchev–Trinajstić information content (AvgIpc) is 2.94. The highest BCUT2D eigenvalue weighted by atomic mass is 16.5. The molecule has 136 valence electrons. The zero-order chi connectivity index (χ0) is 18.1. The largest absolute Gasteiger partial charge is 0.508 e. The number of benzene rings is 2. The molecule has 26 heavy (non-hydrogen) atoms. The third kappa shape index (κ3) is 2.11. The molecule has 2 aromatic rings. The molecule has 0 saturated heterocycles. The summed E-state index contributed by atoms with van der Waals surface area (Å²) >= 11 is 0. The summed E-state index contributed by atoms with van der Waals surface area (Å²) in [5, 5.41) is 10.3. The predicted molar refractivity (Wildman–Crippen MR) is 104 cm³/mol. The second-order valence-corrected chi connectivity index (χ2v) is 9.39. The standard InChI is InChI=1S/C24H28O2/c1-23(2)18-11-12-24(3)21(18)22(23)20-16(13-17(25)14-19(20)26-24)10-9-15-7-5-4-6-8-15/h4-8,13-14,18,21-22,25H,9-12H2,1-3H3/t18-,21+,22?,24-/m0/s1.